The first-order valence-corrected chi connectivity index (χ1v) is 6.10. The molecule has 2 rings (SSSR count). The Balaban J connectivity index is 2.17. The van der Waals surface area contributed by atoms with E-state index in [0.717, 1.165) is 4.90 Å². The highest BCUT2D eigenvalue weighted by molar-refractivity contribution is 7.99. The van der Waals surface area contributed by atoms with E-state index in [1.807, 2.05) is 0 Å². The van der Waals surface area contributed by atoms with Gasteiger partial charge >= 0.3 is 5.97 Å². The number of hydrogen-bond acceptors (Lipinski definition) is 6. The summed E-state index contributed by atoms with van der Waals surface area (Å²) in [4.78, 5) is 16.2. The molecule has 1 N–H and O–H groups in total. The minimum atomic E-state index is -0.507. The van der Waals surface area contributed by atoms with Crippen LogP contribution in [0.2, 0.25) is 0 Å². The highest BCUT2D eigenvalue weighted by Gasteiger charge is 2.18. The Kier molecular flexibility index (Phi) is 3.88. The fraction of sp³-hybridized carbons (Fsp3) is 0.167. The lowest BCUT2D eigenvalue weighted by molar-refractivity contribution is 0.0513. The fourth-order valence-electron chi connectivity index (χ4n) is 1.26. The molecule has 1 heterocycles. The Morgan fingerprint density at radius 1 is 1.44 bits per heavy atom. The van der Waals surface area contributed by atoms with Crippen molar-refractivity contribution in [3.8, 4) is 5.75 Å². The zero-order valence-corrected chi connectivity index (χ0v) is 10.4. The summed E-state index contributed by atoms with van der Waals surface area (Å²) in [5.41, 5.74) is 0.162. The normalized spacial score (nSPS) is 10.3. The van der Waals surface area contributed by atoms with E-state index in [2.05, 4.69) is 4.98 Å². The van der Waals surface area contributed by atoms with E-state index in [1.165, 1.54) is 18.2 Å². The molecule has 0 saturated heterocycles. The number of phenols is 1. The summed E-state index contributed by atoms with van der Waals surface area (Å²) in [6.45, 7) is 2.01. The van der Waals surface area contributed by atoms with Crippen molar-refractivity contribution in [2.45, 2.75) is 16.9 Å². The van der Waals surface area contributed by atoms with Crippen molar-refractivity contribution in [2.24, 2.45) is 0 Å². The van der Waals surface area contributed by atoms with Gasteiger partial charge in [-0.05, 0) is 43.0 Å². The predicted molar refractivity (Wildman–Crippen MR) is 64.7 cm³/mol. The highest BCUT2D eigenvalue weighted by Crippen LogP contribution is 2.31. The minimum Gasteiger partial charge on any atom is -0.508 e. The Bertz CT molecular complexity index is 535. The van der Waals surface area contributed by atoms with Gasteiger partial charge in [-0.15, -0.1) is 0 Å². The van der Waals surface area contributed by atoms with Crippen LogP contribution >= 0.6 is 11.8 Å². The number of hydrogen-bond donors (Lipinski definition) is 1. The molecule has 1 aromatic heterocycles. The maximum absolute atomic E-state index is 11.6. The first-order valence-electron chi connectivity index (χ1n) is 5.28. The smallest absolute Gasteiger partial charge is 0.361 e. The maximum atomic E-state index is 11.6. The van der Waals surface area contributed by atoms with Gasteiger partial charge in [0.25, 0.3) is 0 Å². The standard InChI is InChI=1S/C12H11NO4S/c1-2-16-11(15)10-12(17-7-13-10)18-9-5-3-8(14)4-6-9/h3-7,14H,2H2,1H3. The number of aromatic nitrogens is 1. The number of oxazole rings is 1. The lowest BCUT2D eigenvalue weighted by atomic mass is 10.3. The molecule has 0 aliphatic heterocycles. The van der Waals surface area contributed by atoms with E-state index in [1.54, 1.807) is 31.2 Å². The molecule has 0 radical (unpaired) electrons. The zero-order chi connectivity index (χ0) is 13.0. The molecule has 2 aromatic rings. The molecular formula is C12H11NO4S. The second-order valence-electron chi connectivity index (χ2n) is 3.30. The van der Waals surface area contributed by atoms with Gasteiger partial charge in [-0.2, -0.15) is 0 Å². The number of phenolic OH excluding ortho intramolecular Hbond substituents is 1. The topological polar surface area (TPSA) is 72.6 Å². The number of carbonyl (C=O) groups excluding carboxylic acids is 1. The Morgan fingerprint density at radius 3 is 2.83 bits per heavy atom. The molecule has 0 saturated carbocycles. The van der Waals surface area contributed by atoms with E-state index in [0.29, 0.717) is 5.09 Å². The summed E-state index contributed by atoms with van der Waals surface area (Å²) in [7, 11) is 0. The number of ether oxygens (including phenoxy) is 1. The van der Waals surface area contributed by atoms with Crippen molar-refractivity contribution in [1.82, 2.24) is 4.98 Å². The zero-order valence-electron chi connectivity index (χ0n) is 9.62. The van der Waals surface area contributed by atoms with Gasteiger partial charge in [0.2, 0.25) is 5.69 Å². The van der Waals surface area contributed by atoms with Crippen molar-refractivity contribution in [3.63, 3.8) is 0 Å². The number of nitrogens with zero attached hydrogens (tertiary/aromatic N) is 1. The lowest BCUT2D eigenvalue weighted by Crippen LogP contribution is -2.05. The highest BCUT2D eigenvalue weighted by atomic mass is 32.2. The van der Waals surface area contributed by atoms with Crippen LogP contribution in [0.5, 0.6) is 5.75 Å². The molecule has 0 aliphatic rings. The SMILES string of the molecule is CCOC(=O)c1ncoc1Sc1ccc(O)cc1. The van der Waals surface area contributed by atoms with Gasteiger partial charge in [-0.3, -0.25) is 0 Å². The van der Waals surface area contributed by atoms with E-state index < -0.39 is 5.97 Å². The Morgan fingerprint density at radius 2 is 2.17 bits per heavy atom. The number of esters is 1. The number of rotatable bonds is 4. The summed E-state index contributed by atoms with van der Waals surface area (Å²) in [6, 6.07) is 6.56. The largest absolute Gasteiger partial charge is 0.508 e. The Labute approximate surface area is 108 Å². The van der Waals surface area contributed by atoms with Crippen LogP contribution in [0, 0.1) is 0 Å². The first kappa shape index (κ1) is 12.5. The van der Waals surface area contributed by atoms with Crippen molar-refractivity contribution < 1.29 is 19.1 Å². The van der Waals surface area contributed by atoms with Crippen LogP contribution in [0.25, 0.3) is 0 Å². The summed E-state index contributed by atoms with van der Waals surface area (Å²) < 4.78 is 10.0. The maximum Gasteiger partial charge on any atom is 0.361 e. The van der Waals surface area contributed by atoms with Crippen molar-refractivity contribution in [2.75, 3.05) is 6.61 Å². The fourth-order valence-corrected chi connectivity index (χ4v) is 2.07. The molecule has 6 heteroatoms. The molecule has 0 aliphatic carbocycles. The molecule has 0 amide bonds. The molecule has 18 heavy (non-hydrogen) atoms. The average molecular weight is 265 g/mol. The lowest BCUT2D eigenvalue weighted by Gasteiger charge is -2.01. The molecule has 1 aromatic carbocycles. The van der Waals surface area contributed by atoms with E-state index in [9.17, 15) is 9.90 Å². The van der Waals surface area contributed by atoms with Gasteiger partial charge < -0.3 is 14.3 Å². The molecule has 0 bridgehead atoms. The Hall–Kier alpha value is -1.95. The molecule has 0 unspecified atom stereocenters. The van der Waals surface area contributed by atoms with E-state index in [4.69, 9.17) is 9.15 Å². The van der Waals surface area contributed by atoms with Crippen LogP contribution in [0.4, 0.5) is 0 Å². The first-order chi connectivity index (χ1) is 8.70. The van der Waals surface area contributed by atoms with Gasteiger partial charge in [0, 0.05) is 4.90 Å². The molecule has 94 valence electrons. The van der Waals surface area contributed by atoms with E-state index >= 15 is 0 Å². The number of carbonyl (C=O) groups is 1. The summed E-state index contributed by atoms with van der Waals surface area (Å²) in [5.74, 6) is -0.324. The predicted octanol–water partition coefficient (Wildman–Crippen LogP) is 2.71. The minimum absolute atomic E-state index is 0.162. The summed E-state index contributed by atoms with van der Waals surface area (Å²) in [5, 5.41) is 9.55. The molecular weight excluding hydrogens is 254 g/mol. The van der Waals surface area contributed by atoms with Gasteiger partial charge in [0.15, 0.2) is 11.5 Å². The van der Waals surface area contributed by atoms with E-state index in [-0.39, 0.29) is 18.1 Å². The van der Waals surface area contributed by atoms with Crippen molar-refractivity contribution in [3.05, 3.63) is 36.4 Å². The molecule has 0 atom stereocenters. The van der Waals surface area contributed by atoms with Crippen LogP contribution in [0.15, 0.2) is 45.1 Å². The molecule has 5 nitrogen and oxygen atoms in total. The van der Waals surface area contributed by atoms with Crippen molar-refractivity contribution in [1.29, 1.82) is 0 Å². The summed E-state index contributed by atoms with van der Waals surface area (Å²) >= 11 is 1.24. The number of aromatic hydroxyl groups is 1. The second kappa shape index (κ2) is 5.59. The van der Waals surface area contributed by atoms with Crippen LogP contribution < -0.4 is 0 Å². The quantitative estimate of drug-likeness (QED) is 0.857. The third-order valence-electron chi connectivity index (χ3n) is 2.05. The van der Waals surface area contributed by atoms with Crippen molar-refractivity contribution >= 4 is 17.7 Å². The third-order valence-corrected chi connectivity index (χ3v) is 3.03. The summed E-state index contributed by atoms with van der Waals surface area (Å²) in [6.07, 6.45) is 1.20. The molecule has 0 spiro atoms. The average Bonchev–Trinajstić information content (AvgIpc) is 2.81. The second-order valence-corrected chi connectivity index (χ2v) is 4.35. The number of benzene rings is 1. The monoisotopic (exact) mass is 265 g/mol. The van der Waals surface area contributed by atoms with Crippen LogP contribution in [-0.4, -0.2) is 22.7 Å². The van der Waals surface area contributed by atoms with Gasteiger partial charge in [-0.25, -0.2) is 9.78 Å². The molecule has 0 fully saturated rings. The van der Waals surface area contributed by atoms with Crippen LogP contribution in [0.3, 0.4) is 0 Å². The van der Waals surface area contributed by atoms with Crippen LogP contribution in [-0.2, 0) is 4.74 Å². The van der Waals surface area contributed by atoms with Gasteiger partial charge in [0.05, 0.1) is 6.61 Å². The van der Waals surface area contributed by atoms with Crippen LogP contribution in [0.1, 0.15) is 17.4 Å². The van der Waals surface area contributed by atoms with Gasteiger partial charge in [-0.1, -0.05) is 0 Å². The third kappa shape index (κ3) is 2.84. The van der Waals surface area contributed by atoms with Gasteiger partial charge in [0.1, 0.15) is 5.75 Å².